The lowest BCUT2D eigenvalue weighted by molar-refractivity contribution is 0.964. The van der Waals surface area contributed by atoms with Crippen molar-refractivity contribution in [3.63, 3.8) is 0 Å². The number of rotatable bonds is 3. The predicted octanol–water partition coefficient (Wildman–Crippen LogP) is 2.59. The van der Waals surface area contributed by atoms with Crippen LogP contribution in [-0.2, 0) is 5.75 Å². The Kier molecular flexibility index (Phi) is 3.27. The SMILES string of the molecule is O=c1[nH]c(SCc2ccccc2Cl)nc2nc[nH]c12. The molecule has 3 aromatic rings. The van der Waals surface area contributed by atoms with Crippen LogP contribution in [0.1, 0.15) is 5.56 Å². The van der Waals surface area contributed by atoms with Gasteiger partial charge in [-0.05, 0) is 11.6 Å². The van der Waals surface area contributed by atoms with Crippen LogP contribution in [0, 0.1) is 0 Å². The molecule has 96 valence electrons. The van der Waals surface area contributed by atoms with Crippen LogP contribution in [0.25, 0.3) is 11.2 Å². The van der Waals surface area contributed by atoms with Gasteiger partial charge in [-0.25, -0.2) is 9.97 Å². The summed E-state index contributed by atoms with van der Waals surface area (Å²) in [5, 5.41) is 1.24. The summed E-state index contributed by atoms with van der Waals surface area (Å²) in [6, 6.07) is 7.59. The topological polar surface area (TPSA) is 74.4 Å². The maximum absolute atomic E-state index is 11.7. The molecule has 0 saturated heterocycles. The number of halogens is 1. The number of hydrogen-bond acceptors (Lipinski definition) is 4. The van der Waals surface area contributed by atoms with Gasteiger partial charge in [0.05, 0.1) is 6.33 Å². The lowest BCUT2D eigenvalue weighted by Crippen LogP contribution is -2.09. The Balaban J connectivity index is 1.86. The molecule has 0 atom stereocenters. The molecule has 0 amide bonds. The maximum Gasteiger partial charge on any atom is 0.277 e. The third-order valence-electron chi connectivity index (χ3n) is 2.60. The van der Waals surface area contributed by atoms with Crippen molar-refractivity contribution in [2.45, 2.75) is 10.9 Å². The normalized spacial score (nSPS) is 11.0. The molecule has 3 rings (SSSR count). The minimum atomic E-state index is -0.218. The third-order valence-corrected chi connectivity index (χ3v) is 3.89. The van der Waals surface area contributed by atoms with Gasteiger partial charge in [-0.15, -0.1) is 0 Å². The fourth-order valence-electron chi connectivity index (χ4n) is 1.65. The molecule has 1 aromatic carbocycles. The summed E-state index contributed by atoms with van der Waals surface area (Å²) < 4.78 is 0. The average molecular weight is 293 g/mol. The molecule has 5 nitrogen and oxygen atoms in total. The van der Waals surface area contributed by atoms with Gasteiger partial charge in [-0.2, -0.15) is 0 Å². The van der Waals surface area contributed by atoms with Gasteiger partial charge in [0, 0.05) is 10.8 Å². The molecule has 0 aliphatic heterocycles. The summed E-state index contributed by atoms with van der Waals surface area (Å²) in [4.78, 5) is 25.4. The summed E-state index contributed by atoms with van der Waals surface area (Å²) in [7, 11) is 0. The number of hydrogen-bond donors (Lipinski definition) is 2. The number of H-pyrrole nitrogens is 2. The summed E-state index contributed by atoms with van der Waals surface area (Å²) in [5.41, 5.74) is 1.59. The van der Waals surface area contributed by atoms with E-state index in [-0.39, 0.29) is 5.56 Å². The van der Waals surface area contributed by atoms with E-state index in [2.05, 4.69) is 19.9 Å². The molecule has 0 unspecified atom stereocenters. The van der Waals surface area contributed by atoms with Crippen molar-refractivity contribution in [2.75, 3.05) is 0 Å². The minimum absolute atomic E-state index is 0.218. The summed E-state index contributed by atoms with van der Waals surface area (Å²) in [5.74, 6) is 0.637. The van der Waals surface area contributed by atoms with Gasteiger partial charge in [0.25, 0.3) is 5.56 Å². The van der Waals surface area contributed by atoms with Crippen molar-refractivity contribution in [1.29, 1.82) is 0 Å². The lowest BCUT2D eigenvalue weighted by Gasteiger charge is -2.03. The Bertz CT molecular complexity index is 782. The Morgan fingerprint density at radius 2 is 2.16 bits per heavy atom. The van der Waals surface area contributed by atoms with Crippen LogP contribution in [0.2, 0.25) is 5.02 Å². The highest BCUT2D eigenvalue weighted by Crippen LogP contribution is 2.24. The quantitative estimate of drug-likeness (QED) is 0.575. The number of benzene rings is 1. The van der Waals surface area contributed by atoms with E-state index in [1.165, 1.54) is 18.1 Å². The Morgan fingerprint density at radius 1 is 1.32 bits per heavy atom. The van der Waals surface area contributed by atoms with Crippen molar-refractivity contribution < 1.29 is 0 Å². The largest absolute Gasteiger partial charge is 0.339 e. The molecule has 0 bridgehead atoms. The molecular formula is C12H9ClN4OS. The molecule has 7 heteroatoms. The number of fused-ring (bicyclic) bond motifs is 1. The van der Waals surface area contributed by atoms with E-state index in [1.807, 2.05) is 24.3 Å². The van der Waals surface area contributed by atoms with Crippen molar-refractivity contribution in [3.8, 4) is 0 Å². The summed E-state index contributed by atoms with van der Waals surface area (Å²) >= 11 is 7.49. The lowest BCUT2D eigenvalue weighted by atomic mass is 10.2. The highest BCUT2D eigenvalue weighted by atomic mass is 35.5. The minimum Gasteiger partial charge on any atom is -0.339 e. The third kappa shape index (κ3) is 2.50. The second-order valence-electron chi connectivity index (χ2n) is 3.85. The zero-order chi connectivity index (χ0) is 13.2. The molecule has 0 fully saturated rings. The Morgan fingerprint density at radius 3 is 3.00 bits per heavy atom. The van der Waals surface area contributed by atoms with Crippen LogP contribution in [-0.4, -0.2) is 19.9 Å². The van der Waals surface area contributed by atoms with E-state index in [4.69, 9.17) is 11.6 Å². The van der Waals surface area contributed by atoms with E-state index >= 15 is 0 Å². The predicted molar refractivity (Wildman–Crippen MR) is 75.5 cm³/mol. The van der Waals surface area contributed by atoms with Crippen LogP contribution in [0.4, 0.5) is 0 Å². The van der Waals surface area contributed by atoms with Crippen molar-refractivity contribution >= 4 is 34.5 Å². The van der Waals surface area contributed by atoms with Crippen LogP contribution >= 0.6 is 23.4 Å². The first kappa shape index (κ1) is 12.3. The number of imidazole rings is 1. The van der Waals surface area contributed by atoms with Gasteiger partial charge in [0.2, 0.25) is 0 Å². The van der Waals surface area contributed by atoms with Gasteiger partial charge in [-0.3, -0.25) is 9.78 Å². The van der Waals surface area contributed by atoms with E-state index in [1.54, 1.807) is 0 Å². The van der Waals surface area contributed by atoms with Gasteiger partial charge < -0.3 is 4.98 Å². The summed E-state index contributed by atoms with van der Waals surface area (Å²) in [6.45, 7) is 0. The monoisotopic (exact) mass is 292 g/mol. The van der Waals surface area contributed by atoms with Crippen molar-refractivity contribution in [1.82, 2.24) is 19.9 Å². The molecule has 2 heterocycles. The van der Waals surface area contributed by atoms with E-state index < -0.39 is 0 Å². The number of nitrogens with zero attached hydrogens (tertiary/aromatic N) is 2. The van der Waals surface area contributed by atoms with E-state index in [0.717, 1.165) is 5.56 Å². The molecule has 0 aliphatic rings. The van der Waals surface area contributed by atoms with Crippen LogP contribution in [0.15, 0.2) is 40.5 Å². The molecule has 0 spiro atoms. The first-order chi connectivity index (χ1) is 9.24. The van der Waals surface area contributed by atoms with Crippen LogP contribution in [0.3, 0.4) is 0 Å². The highest BCUT2D eigenvalue weighted by molar-refractivity contribution is 7.98. The molecule has 0 aliphatic carbocycles. The second-order valence-corrected chi connectivity index (χ2v) is 5.22. The van der Waals surface area contributed by atoms with Crippen molar-refractivity contribution in [3.05, 3.63) is 51.5 Å². The van der Waals surface area contributed by atoms with Crippen LogP contribution < -0.4 is 5.56 Å². The molecule has 19 heavy (non-hydrogen) atoms. The van der Waals surface area contributed by atoms with E-state index in [9.17, 15) is 4.79 Å². The first-order valence-corrected chi connectivity index (χ1v) is 6.90. The first-order valence-electron chi connectivity index (χ1n) is 5.53. The van der Waals surface area contributed by atoms with Gasteiger partial charge in [0.15, 0.2) is 16.3 Å². The number of aromatic nitrogens is 4. The molecule has 2 N–H and O–H groups in total. The number of thioether (sulfide) groups is 1. The van der Waals surface area contributed by atoms with Gasteiger partial charge in [0.1, 0.15) is 0 Å². The zero-order valence-corrected chi connectivity index (χ0v) is 11.3. The van der Waals surface area contributed by atoms with E-state index in [0.29, 0.717) is 27.1 Å². The fraction of sp³-hybridized carbons (Fsp3) is 0.0833. The molecule has 2 aromatic heterocycles. The highest BCUT2D eigenvalue weighted by Gasteiger charge is 2.07. The molecule has 0 saturated carbocycles. The Hall–Kier alpha value is -1.79. The van der Waals surface area contributed by atoms with Crippen LogP contribution in [0.5, 0.6) is 0 Å². The molecular weight excluding hydrogens is 284 g/mol. The average Bonchev–Trinajstić information content (AvgIpc) is 2.87. The summed E-state index contributed by atoms with van der Waals surface area (Å²) in [6.07, 6.45) is 1.45. The smallest absolute Gasteiger partial charge is 0.277 e. The Labute approximate surface area is 117 Å². The number of nitrogens with one attached hydrogen (secondary N) is 2. The standard InChI is InChI=1S/C12H9ClN4OS/c13-8-4-2-1-3-7(8)5-19-12-16-10-9(11(18)17-12)14-6-15-10/h1-4,6H,5H2,(H2,14,15,16,17,18). The van der Waals surface area contributed by atoms with Gasteiger partial charge in [-0.1, -0.05) is 41.6 Å². The van der Waals surface area contributed by atoms with Gasteiger partial charge >= 0.3 is 0 Å². The second kappa shape index (κ2) is 5.07. The number of aromatic amines is 2. The maximum atomic E-state index is 11.7. The van der Waals surface area contributed by atoms with Crippen molar-refractivity contribution in [2.24, 2.45) is 0 Å². The fourth-order valence-corrected chi connectivity index (χ4v) is 2.79. The zero-order valence-electron chi connectivity index (χ0n) is 9.68. The molecule has 0 radical (unpaired) electrons.